The summed E-state index contributed by atoms with van der Waals surface area (Å²) >= 11 is 1.39. The molecule has 27 heavy (non-hydrogen) atoms. The van der Waals surface area contributed by atoms with Crippen LogP contribution in [-0.2, 0) is 17.8 Å². The topological polar surface area (TPSA) is 52.8 Å². The molecule has 0 saturated heterocycles. The van der Waals surface area contributed by atoms with Gasteiger partial charge in [0.1, 0.15) is 5.82 Å². The van der Waals surface area contributed by atoms with Crippen molar-refractivity contribution in [3.63, 3.8) is 0 Å². The summed E-state index contributed by atoms with van der Waals surface area (Å²) in [6.45, 7) is 4.28. The van der Waals surface area contributed by atoms with E-state index in [1.165, 1.54) is 23.5 Å². The molecular formula is C20H19FN2O3S. The number of ether oxygens (including phenoxy) is 2. The van der Waals surface area contributed by atoms with Crippen LogP contribution in [0.3, 0.4) is 0 Å². The van der Waals surface area contributed by atoms with Gasteiger partial charge >= 0.3 is 0 Å². The van der Waals surface area contributed by atoms with Gasteiger partial charge in [0.05, 0.1) is 30.9 Å². The second-order valence-electron chi connectivity index (χ2n) is 5.77. The first-order valence-electron chi connectivity index (χ1n) is 8.24. The number of thiazole rings is 1. The predicted octanol–water partition coefficient (Wildman–Crippen LogP) is 3.72. The van der Waals surface area contributed by atoms with E-state index in [9.17, 15) is 9.18 Å². The number of halogens is 1. The highest BCUT2D eigenvalue weighted by atomic mass is 32.1. The normalized spacial score (nSPS) is 11.6. The quantitative estimate of drug-likeness (QED) is 0.607. The van der Waals surface area contributed by atoms with Gasteiger partial charge in [-0.25, -0.2) is 4.39 Å². The van der Waals surface area contributed by atoms with E-state index in [1.807, 2.05) is 16.7 Å². The molecule has 140 valence electrons. The molecule has 0 aliphatic rings. The molecule has 0 fully saturated rings. The minimum atomic E-state index is -0.334. The minimum absolute atomic E-state index is 0.106. The van der Waals surface area contributed by atoms with Crippen molar-refractivity contribution in [2.24, 2.45) is 4.99 Å². The summed E-state index contributed by atoms with van der Waals surface area (Å²) in [5, 5.41) is 0. The van der Waals surface area contributed by atoms with Gasteiger partial charge in [-0.2, -0.15) is 4.99 Å². The molecule has 0 aliphatic carbocycles. The Kier molecular flexibility index (Phi) is 5.71. The number of benzene rings is 2. The van der Waals surface area contributed by atoms with E-state index in [1.54, 1.807) is 32.4 Å². The molecule has 0 bridgehead atoms. The first-order chi connectivity index (χ1) is 13.0. The highest BCUT2D eigenvalue weighted by molar-refractivity contribution is 7.16. The Bertz CT molecular complexity index is 1050. The smallest absolute Gasteiger partial charge is 0.252 e. The highest BCUT2D eigenvalue weighted by Gasteiger charge is 2.13. The lowest BCUT2D eigenvalue weighted by atomic mass is 10.1. The molecular weight excluding hydrogens is 367 g/mol. The molecule has 1 heterocycles. The maximum absolute atomic E-state index is 13.0. The van der Waals surface area contributed by atoms with Crippen molar-refractivity contribution in [2.75, 3.05) is 14.2 Å². The number of rotatable bonds is 6. The number of amides is 1. The second-order valence-corrected chi connectivity index (χ2v) is 6.78. The third-order valence-corrected chi connectivity index (χ3v) is 5.03. The van der Waals surface area contributed by atoms with E-state index < -0.39 is 0 Å². The molecule has 1 amide bonds. The zero-order valence-electron chi connectivity index (χ0n) is 15.1. The van der Waals surface area contributed by atoms with Gasteiger partial charge in [0.2, 0.25) is 0 Å². The van der Waals surface area contributed by atoms with Gasteiger partial charge < -0.3 is 14.0 Å². The summed E-state index contributed by atoms with van der Waals surface area (Å²) in [5.41, 5.74) is 1.59. The van der Waals surface area contributed by atoms with Gasteiger partial charge in [-0.3, -0.25) is 4.79 Å². The Morgan fingerprint density at radius 3 is 2.52 bits per heavy atom. The molecule has 0 atom stereocenters. The van der Waals surface area contributed by atoms with E-state index in [0.717, 1.165) is 10.2 Å². The van der Waals surface area contributed by atoms with Crippen LogP contribution >= 0.6 is 11.3 Å². The molecule has 0 unspecified atom stereocenters. The summed E-state index contributed by atoms with van der Waals surface area (Å²) in [6, 6.07) is 9.55. The molecule has 0 spiro atoms. The average molecular weight is 386 g/mol. The van der Waals surface area contributed by atoms with Crippen LogP contribution in [0.4, 0.5) is 4.39 Å². The predicted molar refractivity (Wildman–Crippen MR) is 104 cm³/mol. The zero-order valence-corrected chi connectivity index (χ0v) is 15.9. The van der Waals surface area contributed by atoms with E-state index in [4.69, 9.17) is 9.47 Å². The third kappa shape index (κ3) is 4.09. The zero-order chi connectivity index (χ0) is 19.4. The van der Waals surface area contributed by atoms with E-state index >= 15 is 0 Å². The van der Waals surface area contributed by atoms with Gasteiger partial charge in [-0.05, 0) is 17.7 Å². The van der Waals surface area contributed by atoms with Crippen molar-refractivity contribution >= 4 is 27.5 Å². The van der Waals surface area contributed by atoms with Crippen LogP contribution in [0.25, 0.3) is 10.2 Å². The van der Waals surface area contributed by atoms with Crippen LogP contribution in [0.2, 0.25) is 0 Å². The van der Waals surface area contributed by atoms with Crippen molar-refractivity contribution in [1.82, 2.24) is 4.57 Å². The second kappa shape index (κ2) is 8.18. The molecule has 3 rings (SSSR count). The van der Waals surface area contributed by atoms with Gasteiger partial charge in [0.15, 0.2) is 16.3 Å². The SMILES string of the molecule is C=CCn1c(=NC(=O)Cc2ccc(F)cc2)sc2cc(OC)c(OC)cc21. The Balaban J connectivity index is 2.04. The van der Waals surface area contributed by atoms with Crippen LogP contribution in [0.15, 0.2) is 54.0 Å². The van der Waals surface area contributed by atoms with E-state index in [-0.39, 0.29) is 18.1 Å². The minimum Gasteiger partial charge on any atom is -0.493 e. The van der Waals surface area contributed by atoms with E-state index in [2.05, 4.69) is 11.6 Å². The van der Waals surface area contributed by atoms with Crippen molar-refractivity contribution < 1.29 is 18.7 Å². The first kappa shape index (κ1) is 18.8. The maximum atomic E-state index is 13.0. The van der Waals surface area contributed by atoms with Crippen LogP contribution in [0.1, 0.15) is 5.56 Å². The molecule has 5 nitrogen and oxygen atoms in total. The molecule has 1 aromatic heterocycles. The summed E-state index contributed by atoms with van der Waals surface area (Å²) in [6.07, 6.45) is 1.85. The van der Waals surface area contributed by atoms with Gasteiger partial charge in [0, 0.05) is 18.7 Å². The van der Waals surface area contributed by atoms with Crippen LogP contribution < -0.4 is 14.3 Å². The fourth-order valence-electron chi connectivity index (χ4n) is 2.71. The van der Waals surface area contributed by atoms with Gasteiger partial charge in [0.25, 0.3) is 5.91 Å². The summed E-state index contributed by atoms with van der Waals surface area (Å²) in [5.74, 6) is 0.579. The number of carbonyl (C=O) groups excluding carboxylic acids is 1. The van der Waals surface area contributed by atoms with E-state index in [0.29, 0.717) is 28.4 Å². The number of methoxy groups -OCH3 is 2. The maximum Gasteiger partial charge on any atom is 0.252 e. The van der Waals surface area contributed by atoms with Crippen LogP contribution in [0, 0.1) is 5.82 Å². The molecule has 2 aromatic carbocycles. The number of nitrogens with zero attached hydrogens (tertiary/aromatic N) is 2. The van der Waals surface area contributed by atoms with Crippen molar-refractivity contribution in [2.45, 2.75) is 13.0 Å². The van der Waals surface area contributed by atoms with Crippen LogP contribution in [-0.4, -0.2) is 24.7 Å². The molecule has 0 saturated carbocycles. The lowest BCUT2D eigenvalue weighted by Crippen LogP contribution is -2.17. The summed E-state index contributed by atoms with van der Waals surface area (Å²) in [4.78, 5) is 17.2. The fourth-order valence-corrected chi connectivity index (χ4v) is 3.78. The molecule has 0 aliphatic heterocycles. The van der Waals surface area contributed by atoms with Gasteiger partial charge in [-0.1, -0.05) is 29.5 Å². The number of fused-ring (bicyclic) bond motifs is 1. The lowest BCUT2D eigenvalue weighted by Gasteiger charge is -2.08. The number of aromatic nitrogens is 1. The first-order valence-corrected chi connectivity index (χ1v) is 9.05. The van der Waals surface area contributed by atoms with Crippen LogP contribution in [0.5, 0.6) is 11.5 Å². The molecule has 0 N–H and O–H groups in total. The number of allylic oxidation sites excluding steroid dienone is 1. The van der Waals surface area contributed by atoms with Gasteiger partial charge in [-0.15, -0.1) is 6.58 Å². The lowest BCUT2D eigenvalue weighted by molar-refractivity contribution is -0.117. The molecule has 3 aromatic rings. The Labute approximate surface area is 160 Å². The third-order valence-electron chi connectivity index (χ3n) is 3.99. The Morgan fingerprint density at radius 1 is 1.22 bits per heavy atom. The number of hydrogen-bond acceptors (Lipinski definition) is 4. The molecule has 0 radical (unpaired) electrons. The monoisotopic (exact) mass is 386 g/mol. The fraction of sp³-hybridized carbons (Fsp3) is 0.200. The highest BCUT2D eigenvalue weighted by Crippen LogP contribution is 2.33. The van der Waals surface area contributed by atoms with Crippen molar-refractivity contribution in [1.29, 1.82) is 0 Å². The molecule has 7 heteroatoms. The summed E-state index contributed by atoms with van der Waals surface area (Å²) < 4.78 is 26.5. The average Bonchev–Trinajstić information content (AvgIpc) is 2.98. The largest absolute Gasteiger partial charge is 0.493 e. The Morgan fingerprint density at radius 2 is 1.89 bits per heavy atom. The van der Waals surface area contributed by atoms with Crippen molar-refractivity contribution in [3.8, 4) is 11.5 Å². The van der Waals surface area contributed by atoms with Crippen molar-refractivity contribution in [3.05, 3.63) is 65.2 Å². The number of hydrogen-bond donors (Lipinski definition) is 0. The summed E-state index contributed by atoms with van der Waals surface area (Å²) in [7, 11) is 3.15. The Hall–Kier alpha value is -2.93. The standard InChI is InChI=1S/C20H19FN2O3S/c1-4-9-23-15-11-16(25-2)17(26-3)12-18(15)27-20(23)22-19(24)10-13-5-7-14(21)8-6-13/h4-8,11-12H,1,9-10H2,2-3H3. The number of carbonyl (C=O) groups is 1.